The SMILES string of the molecule is Cc1cc(C)c(-n2c(-c3[c-]ccc4c3oc3nc(C(C)C(C)(C)C)ccc34)nc3ccccc32)c(C)c1.[CH3][Ge]([CH3])([CH3])[c]1cnc(-c2[c-]cccc2)cc1CC1CCCCC1.[Ir]. The van der Waals surface area contributed by atoms with Crippen molar-refractivity contribution in [2.75, 3.05) is 0 Å². The quantitative estimate of drug-likeness (QED) is 0.118. The molecule has 0 N–H and O–H groups in total. The summed E-state index contributed by atoms with van der Waals surface area (Å²) in [5, 5.41) is 2.04. The summed E-state index contributed by atoms with van der Waals surface area (Å²) in [5.41, 5.74) is 14.0. The van der Waals surface area contributed by atoms with Crippen molar-refractivity contribution in [3.8, 4) is 28.3 Å². The zero-order chi connectivity index (χ0) is 42.3. The molecule has 0 amide bonds. The molecule has 4 aromatic heterocycles. The fourth-order valence-electron chi connectivity index (χ4n) is 9.18. The summed E-state index contributed by atoms with van der Waals surface area (Å²) in [5.74, 6) is 9.44. The maximum absolute atomic E-state index is 6.51. The third-order valence-corrected chi connectivity index (χ3v) is 17.1. The Morgan fingerprint density at radius 1 is 0.820 bits per heavy atom. The molecule has 61 heavy (non-hydrogen) atoms. The molecule has 4 aromatic carbocycles. The van der Waals surface area contributed by atoms with E-state index in [4.69, 9.17) is 19.4 Å². The van der Waals surface area contributed by atoms with E-state index < -0.39 is 13.3 Å². The molecule has 1 radical (unpaired) electrons. The molecule has 8 aromatic rings. The zero-order valence-electron chi connectivity index (χ0n) is 37.7. The number of fused-ring (bicyclic) bond motifs is 4. The average molecular weight is 1050 g/mol. The second-order valence-electron chi connectivity index (χ2n) is 19.3. The van der Waals surface area contributed by atoms with Gasteiger partial charge < -0.3 is 8.98 Å². The van der Waals surface area contributed by atoms with Gasteiger partial charge in [0.15, 0.2) is 0 Å². The largest absolute Gasteiger partial charge is 0 e. The molecule has 317 valence electrons. The number of imidazole rings is 1. The first-order chi connectivity index (χ1) is 28.7. The van der Waals surface area contributed by atoms with Crippen LogP contribution in [-0.2, 0) is 26.5 Å². The van der Waals surface area contributed by atoms with Crippen LogP contribution in [0.1, 0.15) is 93.7 Å². The van der Waals surface area contributed by atoms with E-state index in [-0.39, 0.29) is 25.5 Å². The number of furan rings is 1. The van der Waals surface area contributed by atoms with Gasteiger partial charge in [0, 0.05) is 42.8 Å². The van der Waals surface area contributed by atoms with Gasteiger partial charge in [0.25, 0.3) is 0 Å². The number of pyridine rings is 2. The molecular formula is C54H60GeIrN4O-2. The third kappa shape index (κ3) is 9.38. The van der Waals surface area contributed by atoms with Gasteiger partial charge in [-0.1, -0.05) is 68.5 Å². The van der Waals surface area contributed by atoms with E-state index >= 15 is 0 Å². The van der Waals surface area contributed by atoms with Gasteiger partial charge in [0.1, 0.15) is 0 Å². The average Bonchev–Trinajstić information content (AvgIpc) is 3.79. The molecule has 4 heterocycles. The molecular weight excluding hydrogens is 985 g/mol. The van der Waals surface area contributed by atoms with E-state index in [1.165, 1.54) is 55.2 Å². The Morgan fingerprint density at radius 3 is 2.23 bits per heavy atom. The van der Waals surface area contributed by atoms with E-state index in [1.54, 1.807) is 9.96 Å². The molecule has 1 unspecified atom stereocenters. The molecule has 7 heteroatoms. The minimum atomic E-state index is -1.89. The van der Waals surface area contributed by atoms with Gasteiger partial charge in [0.2, 0.25) is 5.71 Å². The molecule has 9 rings (SSSR count). The molecule has 1 atom stereocenters. The summed E-state index contributed by atoms with van der Waals surface area (Å²) < 4.78 is 10.4. The molecule has 0 aliphatic heterocycles. The topological polar surface area (TPSA) is 56.7 Å². The minimum absolute atomic E-state index is 0. The maximum Gasteiger partial charge on any atom is 0 e. The van der Waals surface area contributed by atoms with Crippen molar-refractivity contribution in [1.82, 2.24) is 19.5 Å². The zero-order valence-corrected chi connectivity index (χ0v) is 42.2. The summed E-state index contributed by atoms with van der Waals surface area (Å²) >= 11 is -1.89. The number of hydrogen-bond acceptors (Lipinski definition) is 4. The Kier molecular flexibility index (Phi) is 13.3. The number of para-hydroxylation sites is 2. The van der Waals surface area contributed by atoms with Gasteiger partial charge in [-0.2, -0.15) is 0 Å². The molecule has 1 aliphatic carbocycles. The van der Waals surface area contributed by atoms with Gasteiger partial charge >= 0.3 is 144 Å². The van der Waals surface area contributed by atoms with Crippen molar-refractivity contribution in [2.24, 2.45) is 11.3 Å². The molecule has 0 bridgehead atoms. The Hall–Kier alpha value is -4.36. The van der Waals surface area contributed by atoms with Crippen molar-refractivity contribution in [3.05, 3.63) is 137 Å². The second-order valence-corrected chi connectivity index (χ2v) is 29.9. The Bertz CT molecular complexity index is 2780. The van der Waals surface area contributed by atoms with Crippen LogP contribution in [0.25, 0.3) is 61.4 Å². The number of aryl methyl sites for hydroxylation is 3. The fourth-order valence-corrected chi connectivity index (χ4v) is 12.5. The summed E-state index contributed by atoms with van der Waals surface area (Å²) in [6, 6.07) is 38.4. The Labute approximate surface area is 379 Å². The van der Waals surface area contributed by atoms with E-state index in [9.17, 15) is 0 Å². The normalized spacial score (nSPS) is 14.2. The summed E-state index contributed by atoms with van der Waals surface area (Å²) in [6.07, 6.45) is 10.5. The van der Waals surface area contributed by atoms with Crippen LogP contribution in [0.3, 0.4) is 0 Å². The summed E-state index contributed by atoms with van der Waals surface area (Å²) in [6.45, 7) is 15.4. The number of aromatic nitrogens is 4. The molecule has 0 saturated heterocycles. The van der Waals surface area contributed by atoms with Gasteiger partial charge in [0.05, 0.1) is 22.4 Å². The Balaban J connectivity index is 0.000000202. The monoisotopic (exact) mass is 1050 g/mol. The molecule has 1 aliphatic rings. The Morgan fingerprint density at radius 2 is 1.54 bits per heavy atom. The van der Waals surface area contributed by atoms with E-state index in [0.29, 0.717) is 11.6 Å². The summed E-state index contributed by atoms with van der Waals surface area (Å²) in [7, 11) is 0. The van der Waals surface area contributed by atoms with Crippen molar-refractivity contribution in [2.45, 2.75) is 110 Å². The van der Waals surface area contributed by atoms with Crippen molar-refractivity contribution < 1.29 is 24.5 Å². The van der Waals surface area contributed by atoms with Crippen molar-refractivity contribution >= 4 is 50.8 Å². The van der Waals surface area contributed by atoms with E-state index in [2.05, 4.69) is 155 Å². The standard InChI is InChI=1S/C33H32N3O.C21H28GeN.Ir/c1-19-17-20(2)29(21(3)18-19)36-28-14-9-8-13-27(28)34-31(36)25-12-10-11-23-24-15-16-26(22(4)33(5,6)7)35-32(24)37-30(23)25;1-22(2,3)20-16-23-21(18-12-8-5-9-13-18)15-19(20)14-17-10-6-4-7-11-17;/h8-11,13-18,22H,1-7H3;5,8-9,12,15-17H,4,6-7,10-11,14H2,1-3H3;/q2*-1;. The molecule has 5 nitrogen and oxygen atoms in total. The van der Waals surface area contributed by atoms with Crippen LogP contribution in [0.2, 0.25) is 17.3 Å². The first kappa shape index (κ1) is 44.7. The molecule has 1 saturated carbocycles. The van der Waals surface area contributed by atoms with Crippen molar-refractivity contribution in [1.29, 1.82) is 0 Å². The number of hydrogen-bond donors (Lipinski definition) is 0. The van der Waals surface area contributed by atoms with Gasteiger partial charge in [-0.3, -0.25) is 4.98 Å². The number of rotatable bonds is 7. The van der Waals surface area contributed by atoms with Crippen LogP contribution in [0.4, 0.5) is 0 Å². The molecule has 1 fully saturated rings. The third-order valence-electron chi connectivity index (χ3n) is 12.7. The van der Waals surface area contributed by atoms with Crippen LogP contribution in [0.15, 0.2) is 102 Å². The van der Waals surface area contributed by atoms with Crippen LogP contribution in [-0.4, -0.2) is 32.8 Å². The van der Waals surface area contributed by atoms with Gasteiger partial charge in [-0.15, -0.1) is 18.2 Å². The molecule has 0 spiro atoms. The minimum Gasteiger partial charge on any atom is 0 e. The van der Waals surface area contributed by atoms with Crippen LogP contribution in [0.5, 0.6) is 0 Å². The van der Waals surface area contributed by atoms with Gasteiger partial charge in [-0.05, 0) is 61.6 Å². The second kappa shape index (κ2) is 18.2. The van der Waals surface area contributed by atoms with Crippen LogP contribution >= 0.6 is 0 Å². The smallest absolute Gasteiger partial charge is 0 e. The maximum atomic E-state index is 6.51. The van der Waals surface area contributed by atoms with Crippen LogP contribution < -0.4 is 4.40 Å². The van der Waals surface area contributed by atoms with E-state index in [1.807, 2.05) is 24.3 Å². The number of benzene rings is 4. The first-order valence-electron chi connectivity index (χ1n) is 21.9. The summed E-state index contributed by atoms with van der Waals surface area (Å²) in [4.78, 5) is 14.9. The predicted octanol–water partition coefficient (Wildman–Crippen LogP) is 14.1. The van der Waals surface area contributed by atoms with E-state index in [0.717, 1.165) is 67.3 Å². The van der Waals surface area contributed by atoms with Crippen molar-refractivity contribution in [3.63, 3.8) is 0 Å². The first-order valence-corrected chi connectivity index (χ1v) is 29.3. The fraction of sp³-hybridized carbons (Fsp3) is 0.352. The van der Waals surface area contributed by atoms with Gasteiger partial charge in [-0.25, -0.2) is 4.98 Å². The number of nitrogens with zero attached hydrogens (tertiary/aromatic N) is 4. The predicted molar refractivity (Wildman–Crippen MR) is 254 cm³/mol. The van der Waals surface area contributed by atoms with Crippen LogP contribution in [0, 0.1) is 44.2 Å².